The average Bonchev–Trinajstić information content (AvgIpc) is 3.16. The number of hydrogen-bond acceptors (Lipinski definition) is 4. The lowest BCUT2D eigenvalue weighted by Gasteiger charge is -2.35. The van der Waals surface area contributed by atoms with Crippen molar-refractivity contribution in [3.63, 3.8) is 0 Å². The van der Waals surface area contributed by atoms with Crippen molar-refractivity contribution in [1.29, 1.82) is 0 Å². The average molecular weight is 446 g/mol. The van der Waals surface area contributed by atoms with Gasteiger partial charge in [0.25, 0.3) is 0 Å². The van der Waals surface area contributed by atoms with Crippen LogP contribution in [0.2, 0.25) is 0 Å². The lowest BCUT2D eigenvalue weighted by Crippen LogP contribution is -2.38. The van der Waals surface area contributed by atoms with Crippen molar-refractivity contribution in [3.8, 4) is 0 Å². The molecule has 0 spiro atoms. The first-order chi connectivity index (χ1) is 16.0. The Morgan fingerprint density at radius 3 is 2.48 bits per heavy atom. The van der Waals surface area contributed by atoms with Crippen LogP contribution in [0.25, 0.3) is 0 Å². The van der Waals surface area contributed by atoms with Crippen LogP contribution in [0.1, 0.15) is 54.9 Å². The number of amidine groups is 1. The molecule has 1 saturated heterocycles. The molecule has 176 valence electrons. The number of benzene rings is 2. The van der Waals surface area contributed by atoms with E-state index in [0.29, 0.717) is 0 Å². The Morgan fingerprint density at radius 1 is 1.09 bits per heavy atom. The van der Waals surface area contributed by atoms with Gasteiger partial charge in [0.1, 0.15) is 5.84 Å². The molecule has 2 aromatic carbocycles. The number of piperidine rings is 1. The van der Waals surface area contributed by atoms with Gasteiger partial charge < -0.3 is 14.5 Å². The van der Waals surface area contributed by atoms with Gasteiger partial charge in [0.05, 0.1) is 12.6 Å². The molecule has 0 aliphatic carbocycles. The van der Waals surface area contributed by atoms with Crippen molar-refractivity contribution < 1.29 is 4.74 Å². The predicted molar refractivity (Wildman–Crippen MR) is 139 cm³/mol. The van der Waals surface area contributed by atoms with Crippen LogP contribution in [0.5, 0.6) is 0 Å². The van der Waals surface area contributed by atoms with Gasteiger partial charge in [-0.05, 0) is 56.7 Å². The van der Waals surface area contributed by atoms with Gasteiger partial charge in [-0.1, -0.05) is 61.4 Å². The second-order valence-electron chi connectivity index (χ2n) is 9.52. The third-order valence-corrected chi connectivity index (χ3v) is 6.83. The summed E-state index contributed by atoms with van der Waals surface area (Å²) in [6.45, 7) is 12.5. The Labute approximate surface area is 200 Å². The second-order valence-corrected chi connectivity index (χ2v) is 9.52. The molecule has 2 aliphatic rings. The summed E-state index contributed by atoms with van der Waals surface area (Å²) >= 11 is 0. The smallest absolute Gasteiger partial charge is 0.133 e. The molecule has 1 fully saturated rings. The lowest BCUT2D eigenvalue weighted by molar-refractivity contribution is 0.157. The molecule has 33 heavy (non-hydrogen) atoms. The third kappa shape index (κ3) is 5.01. The fraction of sp³-hybridized carbons (Fsp3) is 0.483. The van der Waals surface area contributed by atoms with Crippen molar-refractivity contribution in [2.45, 2.75) is 66.0 Å². The maximum atomic E-state index is 5.52. The molecule has 4 heteroatoms. The maximum absolute atomic E-state index is 5.52. The Bertz CT molecular complexity index is 1000. The van der Waals surface area contributed by atoms with Crippen LogP contribution in [0.4, 0.5) is 5.69 Å². The molecule has 1 atom stereocenters. The minimum Gasteiger partial charge on any atom is -0.383 e. The minimum atomic E-state index is 0.229. The standard InChI is InChI=1S/C29H39N3O/c1-6-11-26-28(31(16-17-33-5)20-24-12-8-7-9-13-24)25-14-10-15-32(29(25)30-26)27-22(3)18-21(2)19-23(27)4/h7-9,12-13,18-19,26H,6,10-11,14-17,20H2,1-5H3. The summed E-state index contributed by atoms with van der Waals surface area (Å²) in [5.74, 6) is 1.21. The first-order valence-corrected chi connectivity index (χ1v) is 12.5. The molecule has 4 nitrogen and oxygen atoms in total. The number of rotatable bonds is 9. The van der Waals surface area contributed by atoms with Gasteiger partial charge in [-0.3, -0.25) is 4.99 Å². The van der Waals surface area contributed by atoms with Gasteiger partial charge in [0.2, 0.25) is 0 Å². The van der Waals surface area contributed by atoms with E-state index in [9.17, 15) is 0 Å². The summed E-state index contributed by atoms with van der Waals surface area (Å²) in [6.07, 6.45) is 4.48. The highest BCUT2D eigenvalue weighted by Crippen LogP contribution is 2.39. The molecule has 2 aliphatic heterocycles. The fourth-order valence-electron chi connectivity index (χ4n) is 5.58. The number of anilines is 1. The van der Waals surface area contributed by atoms with Crippen LogP contribution in [0.15, 0.2) is 58.7 Å². The van der Waals surface area contributed by atoms with Crippen LogP contribution in [0, 0.1) is 20.8 Å². The van der Waals surface area contributed by atoms with Crippen LogP contribution < -0.4 is 4.90 Å². The molecule has 1 unspecified atom stereocenters. The van der Waals surface area contributed by atoms with Gasteiger partial charge in [-0.25, -0.2) is 0 Å². The summed E-state index contributed by atoms with van der Waals surface area (Å²) in [4.78, 5) is 10.5. The number of nitrogens with zero attached hydrogens (tertiary/aromatic N) is 3. The van der Waals surface area contributed by atoms with Crippen LogP contribution in [-0.4, -0.2) is 43.6 Å². The van der Waals surface area contributed by atoms with Crippen molar-refractivity contribution in [1.82, 2.24) is 4.90 Å². The van der Waals surface area contributed by atoms with E-state index < -0.39 is 0 Å². The third-order valence-electron chi connectivity index (χ3n) is 6.83. The zero-order chi connectivity index (χ0) is 23.4. The van der Waals surface area contributed by atoms with Gasteiger partial charge in [0.15, 0.2) is 0 Å². The number of fused-ring (bicyclic) bond motifs is 1. The largest absolute Gasteiger partial charge is 0.383 e. The van der Waals surface area contributed by atoms with Crippen molar-refractivity contribution in [2.24, 2.45) is 4.99 Å². The van der Waals surface area contributed by atoms with Crippen LogP contribution in [0.3, 0.4) is 0 Å². The highest BCUT2D eigenvalue weighted by atomic mass is 16.5. The van der Waals surface area contributed by atoms with E-state index in [1.807, 2.05) is 0 Å². The van der Waals surface area contributed by atoms with Gasteiger partial charge >= 0.3 is 0 Å². The number of hydrogen-bond donors (Lipinski definition) is 0. The molecule has 0 aromatic heterocycles. The monoisotopic (exact) mass is 445 g/mol. The zero-order valence-corrected chi connectivity index (χ0v) is 21.0. The molecule has 2 heterocycles. The molecule has 0 bridgehead atoms. The number of methoxy groups -OCH3 is 1. The van der Waals surface area contributed by atoms with E-state index in [-0.39, 0.29) is 6.04 Å². The zero-order valence-electron chi connectivity index (χ0n) is 21.0. The van der Waals surface area contributed by atoms with Crippen LogP contribution in [-0.2, 0) is 11.3 Å². The highest BCUT2D eigenvalue weighted by Gasteiger charge is 2.37. The lowest BCUT2D eigenvalue weighted by atomic mass is 9.96. The Kier molecular flexibility index (Phi) is 7.54. The summed E-state index contributed by atoms with van der Waals surface area (Å²) in [7, 11) is 1.80. The quantitative estimate of drug-likeness (QED) is 0.460. The molecular formula is C29H39N3O. The van der Waals surface area contributed by atoms with E-state index in [2.05, 4.69) is 80.0 Å². The summed E-state index contributed by atoms with van der Waals surface area (Å²) in [6, 6.07) is 15.6. The van der Waals surface area contributed by atoms with Gasteiger partial charge in [-0.15, -0.1) is 0 Å². The van der Waals surface area contributed by atoms with Gasteiger partial charge in [-0.2, -0.15) is 0 Å². The van der Waals surface area contributed by atoms with Crippen LogP contribution >= 0.6 is 0 Å². The van der Waals surface area contributed by atoms with Gasteiger partial charge in [0, 0.05) is 43.7 Å². The predicted octanol–water partition coefficient (Wildman–Crippen LogP) is 6.20. The maximum Gasteiger partial charge on any atom is 0.133 e. The molecule has 4 rings (SSSR count). The molecule has 0 amide bonds. The van der Waals surface area contributed by atoms with E-state index in [4.69, 9.17) is 9.73 Å². The first kappa shape index (κ1) is 23.6. The number of ether oxygens (including phenoxy) is 1. The molecule has 0 radical (unpaired) electrons. The SMILES string of the molecule is CCCC1N=C2C(=C1N(CCOC)Cc1ccccc1)CCCN2c1c(C)cc(C)cc1C. The highest BCUT2D eigenvalue weighted by molar-refractivity contribution is 6.13. The Morgan fingerprint density at radius 2 is 1.82 bits per heavy atom. The minimum absolute atomic E-state index is 0.229. The normalized spacial score (nSPS) is 17.9. The topological polar surface area (TPSA) is 28.1 Å². The fourth-order valence-corrected chi connectivity index (χ4v) is 5.58. The van der Waals surface area contributed by atoms with E-state index in [0.717, 1.165) is 51.9 Å². The van der Waals surface area contributed by atoms with Crippen molar-refractivity contribution in [2.75, 3.05) is 31.7 Å². The molecule has 2 aromatic rings. The van der Waals surface area contributed by atoms with Crippen molar-refractivity contribution >= 4 is 11.5 Å². The molecule has 0 saturated carbocycles. The summed E-state index contributed by atoms with van der Waals surface area (Å²) in [5.41, 5.74) is 9.58. The second kappa shape index (κ2) is 10.6. The van der Waals surface area contributed by atoms with E-state index in [1.54, 1.807) is 7.11 Å². The Hall–Kier alpha value is -2.59. The van der Waals surface area contributed by atoms with E-state index >= 15 is 0 Å². The van der Waals surface area contributed by atoms with Crippen molar-refractivity contribution in [3.05, 3.63) is 76.0 Å². The molecular weight excluding hydrogens is 406 g/mol. The number of aliphatic imine (C=N–C) groups is 1. The number of aryl methyl sites for hydroxylation is 3. The first-order valence-electron chi connectivity index (χ1n) is 12.5. The van der Waals surface area contributed by atoms with E-state index in [1.165, 1.54) is 45.0 Å². The summed E-state index contributed by atoms with van der Waals surface area (Å²) < 4.78 is 5.52. The summed E-state index contributed by atoms with van der Waals surface area (Å²) in [5, 5.41) is 0. The Balaban J connectivity index is 1.76. The molecule has 0 N–H and O–H groups in total.